The number of nitrogens with two attached hydrogens (primary N) is 1. The monoisotopic (exact) mass is 330 g/mol. The molecular weight excluding hydrogens is 300 g/mol. The lowest BCUT2D eigenvalue weighted by Gasteiger charge is -2.22. The third-order valence-corrected chi connectivity index (χ3v) is 5.05. The number of hydrogen-bond donors (Lipinski definition) is 2. The first-order valence-corrected chi connectivity index (χ1v) is 9.05. The summed E-state index contributed by atoms with van der Waals surface area (Å²) in [4.78, 5) is 23.2. The molecule has 0 aliphatic heterocycles. The number of primary amides is 1. The molecule has 3 N–H and O–H groups in total. The molecule has 0 radical (unpaired) electrons. The van der Waals surface area contributed by atoms with E-state index in [1.165, 1.54) is 37.7 Å². The van der Waals surface area contributed by atoms with E-state index < -0.39 is 11.4 Å². The van der Waals surface area contributed by atoms with Crippen molar-refractivity contribution < 1.29 is 9.59 Å². The molecule has 0 aromatic heterocycles. The molecule has 1 aromatic carbocycles. The zero-order chi connectivity index (χ0) is 17.6. The van der Waals surface area contributed by atoms with Crippen LogP contribution in [0.1, 0.15) is 63.5 Å². The fourth-order valence-corrected chi connectivity index (χ4v) is 3.27. The molecule has 2 amide bonds. The number of amides is 2. The average Bonchev–Trinajstić information content (AvgIpc) is 3.05. The molecule has 1 aliphatic rings. The SMILES string of the molecule is CC(C)(NC(=O)CCc1ccc(CCC2CCCC2)cc1)C(N)=O. The van der Waals surface area contributed by atoms with Gasteiger partial charge < -0.3 is 11.1 Å². The molecule has 1 saturated carbocycles. The van der Waals surface area contributed by atoms with E-state index >= 15 is 0 Å². The van der Waals surface area contributed by atoms with Crippen LogP contribution in [0, 0.1) is 5.92 Å². The molecule has 0 spiro atoms. The van der Waals surface area contributed by atoms with Crippen LogP contribution in [0.3, 0.4) is 0 Å². The number of rotatable bonds is 8. The highest BCUT2D eigenvalue weighted by Gasteiger charge is 2.26. The van der Waals surface area contributed by atoms with Crippen LogP contribution in [0.5, 0.6) is 0 Å². The third kappa shape index (κ3) is 5.66. The zero-order valence-electron chi connectivity index (χ0n) is 14.9. The van der Waals surface area contributed by atoms with Crippen LogP contribution in [0.15, 0.2) is 24.3 Å². The van der Waals surface area contributed by atoms with E-state index in [4.69, 9.17) is 5.73 Å². The maximum Gasteiger partial charge on any atom is 0.242 e. The molecule has 2 rings (SSSR count). The van der Waals surface area contributed by atoms with Crippen LogP contribution >= 0.6 is 0 Å². The molecule has 0 atom stereocenters. The van der Waals surface area contributed by atoms with Crippen LogP contribution < -0.4 is 11.1 Å². The largest absolute Gasteiger partial charge is 0.368 e. The van der Waals surface area contributed by atoms with Gasteiger partial charge in [0.25, 0.3) is 0 Å². The van der Waals surface area contributed by atoms with Gasteiger partial charge in [-0.2, -0.15) is 0 Å². The van der Waals surface area contributed by atoms with Gasteiger partial charge in [-0.3, -0.25) is 9.59 Å². The van der Waals surface area contributed by atoms with Gasteiger partial charge in [-0.25, -0.2) is 0 Å². The van der Waals surface area contributed by atoms with Gasteiger partial charge in [-0.1, -0.05) is 49.9 Å². The van der Waals surface area contributed by atoms with Crippen LogP contribution in [-0.2, 0) is 22.4 Å². The highest BCUT2D eigenvalue weighted by atomic mass is 16.2. The Labute approximate surface area is 145 Å². The van der Waals surface area contributed by atoms with Crippen molar-refractivity contribution in [2.75, 3.05) is 0 Å². The van der Waals surface area contributed by atoms with Crippen molar-refractivity contribution in [1.82, 2.24) is 5.32 Å². The maximum absolute atomic E-state index is 11.9. The van der Waals surface area contributed by atoms with Crippen molar-refractivity contribution in [1.29, 1.82) is 0 Å². The first-order valence-electron chi connectivity index (χ1n) is 9.05. The summed E-state index contributed by atoms with van der Waals surface area (Å²) >= 11 is 0. The molecule has 0 heterocycles. The summed E-state index contributed by atoms with van der Waals surface area (Å²) in [6, 6.07) is 8.57. The topological polar surface area (TPSA) is 72.2 Å². The van der Waals surface area contributed by atoms with Gasteiger partial charge in [0, 0.05) is 6.42 Å². The summed E-state index contributed by atoms with van der Waals surface area (Å²) < 4.78 is 0. The van der Waals surface area contributed by atoms with E-state index in [-0.39, 0.29) is 5.91 Å². The lowest BCUT2D eigenvalue weighted by Crippen LogP contribution is -2.53. The molecule has 0 unspecified atom stereocenters. The third-order valence-electron chi connectivity index (χ3n) is 5.05. The summed E-state index contributed by atoms with van der Waals surface area (Å²) in [5, 5.41) is 2.68. The second-order valence-electron chi connectivity index (χ2n) is 7.54. The van der Waals surface area contributed by atoms with Crippen molar-refractivity contribution >= 4 is 11.8 Å². The summed E-state index contributed by atoms with van der Waals surface area (Å²) in [7, 11) is 0. The highest BCUT2D eigenvalue weighted by molar-refractivity contribution is 5.89. The molecule has 0 bridgehead atoms. The standard InChI is InChI=1S/C20H30N2O2/c1-20(2,19(21)24)22-18(23)14-13-17-11-9-16(10-12-17)8-7-15-5-3-4-6-15/h9-12,15H,3-8,13-14H2,1-2H3,(H2,21,24)(H,22,23). The van der Waals surface area contributed by atoms with Gasteiger partial charge in [-0.05, 0) is 50.2 Å². The van der Waals surface area contributed by atoms with Crippen molar-refractivity contribution in [3.05, 3.63) is 35.4 Å². The van der Waals surface area contributed by atoms with Crippen molar-refractivity contribution in [3.8, 4) is 0 Å². The zero-order valence-corrected chi connectivity index (χ0v) is 14.9. The highest BCUT2D eigenvalue weighted by Crippen LogP contribution is 2.28. The fraction of sp³-hybridized carbons (Fsp3) is 0.600. The Morgan fingerprint density at radius 2 is 1.62 bits per heavy atom. The molecule has 1 aromatic rings. The minimum atomic E-state index is -0.999. The fourth-order valence-electron chi connectivity index (χ4n) is 3.27. The Morgan fingerprint density at radius 1 is 1.08 bits per heavy atom. The van der Waals surface area contributed by atoms with E-state index in [9.17, 15) is 9.59 Å². The minimum Gasteiger partial charge on any atom is -0.368 e. The van der Waals surface area contributed by atoms with Gasteiger partial charge in [-0.15, -0.1) is 0 Å². The molecule has 1 aliphatic carbocycles. The Kier molecular flexibility index (Phi) is 6.41. The van der Waals surface area contributed by atoms with Crippen LogP contribution in [-0.4, -0.2) is 17.4 Å². The van der Waals surface area contributed by atoms with Crippen LogP contribution in [0.4, 0.5) is 0 Å². The number of benzene rings is 1. The van der Waals surface area contributed by atoms with Gasteiger partial charge in [0.2, 0.25) is 11.8 Å². The smallest absolute Gasteiger partial charge is 0.242 e. The summed E-state index contributed by atoms with van der Waals surface area (Å²) in [5.41, 5.74) is 6.79. The number of carbonyl (C=O) groups is 2. The second-order valence-corrected chi connectivity index (χ2v) is 7.54. The summed E-state index contributed by atoms with van der Waals surface area (Å²) in [5.74, 6) is 0.244. The van der Waals surface area contributed by atoms with Crippen molar-refractivity contribution in [3.63, 3.8) is 0 Å². The Balaban J connectivity index is 1.75. The van der Waals surface area contributed by atoms with Crippen molar-refractivity contribution in [2.24, 2.45) is 11.7 Å². The molecular formula is C20H30N2O2. The van der Waals surface area contributed by atoms with E-state index in [2.05, 4.69) is 29.6 Å². The molecule has 24 heavy (non-hydrogen) atoms. The summed E-state index contributed by atoms with van der Waals surface area (Å²) in [6.07, 6.45) is 9.07. The predicted molar refractivity (Wildman–Crippen MR) is 96.5 cm³/mol. The molecule has 1 fully saturated rings. The Bertz CT molecular complexity index is 558. The van der Waals surface area contributed by atoms with E-state index in [1.807, 2.05) is 0 Å². The van der Waals surface area contributed by atoms with Gasteiger partial charge in [0.1, 0.15) is 5.54 Å². The van der Waals surface area contributed by atoms with Gasteiger partial charge in [0.05, 0.1) is 0 Å². The quantitative estimate of drug-likeness (QED) is 0.768. The van der Waals surface area contributed by atoms with Crippen LogP contribution in [0.25, 0.3) is 0 Å². The molecule has 4 nitrogen and oxygen atoms in total. The number of carbonyl (C=O) groups excluding carboxylic acids is 2. The lowest BCUT2D eigenvalue weighted by molar-refractivity contribution is -0.130. The molecule has 0 saturated heterocycles. The van der Waals surface area contributed by atoms with Gasteiger partial charge in [0.15, 0.2) is 0 Å². The number of hydrogen-bond acceptors (Lipinski definition) is 2. The van der Waals surface area contributed by atoms with E-state index in [0.29, 0.717) is 12.8 Å². The first-order chi connectivity index (χ1) is 11.4. The number of nitrogens with one attached hydrogen (secondary N) is 1. The van der Waals surface area contributed by atoms with Gasteiger partial charge >= 0.3 is 0 Å². The maximum atomic E-state index is 11.9. The molecule has 4 heteroatoms. The average molecular weight is 330 g/mol. The predicted octanol–water partition coefficient (Wildman–Crippen LogP) is 3.12. The first kappa shape index (κ1) is 18.5. The van der Waals surface area contributed by atoms with E-state index in [0.717, 1.165) is 17.9 Å². The minimum absolute atomic E-state index is 0.149. The summed E-state index contributed by atoms with van der Waals surface area (Å²) in [6.45, 7) is 3.23. The van der Waals surface area contributed by atoms with Crippen LogP contribution in [0.2, 0.25) is 0 Å². The van der Waals surface area contributed by atoms with Crippen molar-refractivity contribution in [2.45, 2.75) is 70.8 Å². The molecule has 132 valence electrons. The normalized spacial score (nSPS) is 15.4. The Hall–Kier alpha value is -1.84. The number of aryl methyl sites for hydroxylation is 2. The second kappa shape index (κ2) is 8.32. The lowest BCUT2D eigenvalue weighted by atomic mass is 9.97. The van der Waals surface area contributed by atoms with E-state index in [1.54, 1.807) is 13.8 Å². The Morgan fingerprint density at radius 3 is 2.17 bits per heavy atom.